The maximum absolute atomic E-state index is 13.6. The third kappa shape index (κ3) is 3.50. The van der Waals surface area contributed by atoms with E-state index in [2.05, 4.69) is 4.98 Å². The third-order valence-corrected chi connectivity index (χ3v) is 6.30. The van der Waals surface area contributed by atoms with Crippen molar-refractivity contribution in [3.05, 3.63) is 82.8 Å². The maximum Gasteiger partial charge on any atom is 0.296 e. The van der Waals surface area contributed by atoms with E-state index >= 15 is 0 Å². The average Bonchev–Trinajstić information content (AvgIpc) is 3.58. The number of aliphatic hydroxyl groups is 1. The Kier molecular flexibility index (Phi) is 5.54. The molecule has 34 heavy (non-hydrogen) atoms. The minimum Gasteiger partial charge on any atom is -0.503 e. The minimum atomic E-state index is -0.941. The molecule has 172 valence electrons. The summed E-state index contributed by atoms with van der Waals surface area (Å²) in [6, 6.07) is 13.0. The smallest absolute Gasteiger partial charge is 0.296 e. The van der Waals surface area contributed by atoms with Gasteiger partial charge in [0.2, 0.25) is 5.78 Å². The summed E-state index contributed by atoms with van der Waals surface area (Å²) < 4.78 is 16.8. The van der Waals surface area contributed by atoms with Gasteiger partial charge in [-0.15, -0.1) is 11.3 Å². The highest BCUT2D eigenvalue weighted by atomic mass is 32.1. The lowest BCUT2D eigenvalue weighted by Crippen LogP contribution is -2.31. The molecular weight excluding hydrogens is 456 g/mol. The topological polar surface area (TPSA) is 102 Å². The number of amides is 1. The van der Waals surface area contributed by atoms with Crippen molar-refractivity contribution in [3.63, 3.8) is 0 Å². The van der Waals surface area contributed by atoms with Gasteiger partial charge in [0.15, 0.2) is 28.1 Å². The molecule has 1 N–H and O–H groups in total. The molecule has 8 nitrogen and oxygen atoms in total. The summed E-state index contributed by atoms with van der Waals surface area (Å²) in [5, 5.41) is 13.7. The van der Waals surface area contributed by atoms with Crippen molar-refractivity contribution in [2.75, 3.05) is 18.6 Å². The predicted octanol–water partition coefficient (Wildman–Crippen LogP) is 5.08. The number of anilines is 1. The Hall–Kier alpha value is -4.11. The van der Waals surface area contributed by atoms with Gasteiger partial charge in [0, 0.05) is 17.0 Å². The summed E-state index contributed by atoms with van der Waals surface area (Å²) in [7, 11) is 1.51. The molecule has 5 rings (SSSR count). The number of aromatic nitrogens is 1. The lowest BCUT2D eigenvalue weighted by atomic mass is 9.95. The summed E-state index contributed by atoms with van der Waals surface area (Å²) in [6.45, 7) is 2.30. The van der Waals surface area contributed by atoms with E-state index < -0.39 is 23.5 Å². The molecule has 0 spiro atoms. The second-order valence-corrected chi connectivity index (χ2v) is 8.35. The average molecular weight is 477 g/mol. The van der Waals surface area contributed by atoms with Crippen LogP contribution in [0.15, 0.2) is 75.9 Å². The largest absolute Gasteiger partial charge is 0.503 e. The summed E-state index contributed by atoms with van der Waals surface area (Å²) in [6.07, 6.45) is 1.55. The molecule has 4 aromatic rings. The Bertz CT molecular complexity index is 1390. The van der Waals surface area contributed by atoms with Crippen molar-refractivity contribution in [1.82, 2.24) is 4.98 Å². The van der Waals surface area contributed by atoms with Crippen LogP contribution in [0.4, 0.5) is 5.13 Å². The number of carbonyl (C=O) groups excluding carboxylic acids is 2. The molecule has 1 atom stereocenters. The van der Waals surface area contributed by atoms with Crippen LogP contribution in [-0.2, 0) is 4.79 Å². The van der Waals surface area contributed by atoms with E-state index in [0.29, 0.717) is 34.4 Å². The molecule has 0 radical (unpaired) electrons. The minimum absolute atomic E-state index is 0.0273. The van der Waals surface area contributed by atoms with Crippen molar-refractivity contribution in [1.29, 1.82) is 0 Å². The zero-order valence-corrected chi connectivity index (χ0v) is 19.2. The van der Waals surface area contributed by atoms with E-state index in [9.17, 15) is 14.7 Å². The SMILES string of the molecule is CCOc1ccc(C2C(C(=O)c3cc4ccccc4o3)=C(O)C(=O)N2c2nccs2)cc1OC. The van der Waals surface area contributed by atoms with Gasteiger partial charge >= 0.3 is 0 Å². The number of ether oxygens (including phenoxy) is 2. The number of Topliss-reactive ketones (excluding diaryl/α,β-unsaturated/α-hetero) is 1. The number of hydrogen-bond donors (Lipinski definition) is 1. The molecule has 2 aromatic carbocycles. The fraction of sp³-hybridized carbons (Fsp3) is 0.160. The first-order valence-corrected chi connectivity index (χ1v) is 11.4. The van der Waals surface area contributed by atoms with Crippen molar-refractivity contribution < 1.29 is 28.6 Å². The van der Waals surface area contributed by atoms with E-state index in [-0.39, 0.29) is 11.3 Å². The molecule has 1 aliphatic heterocycles. The maximum atomic E-state index is 13.6. The van der Waals surface area contributed by atoms with Gasteiger partial charge in [-0.2, -0.15) is 0 Å². The fourth-order valence-electron chi connectivity index (χ4n) is 4.04. The molecule has 0 aliphatic carbocycles. The van der Waals surface area contributed by atoms with Gasteiger partial charge in [0.25, 0.3) is 5.91 Å². The zero-order valence-electron chi connectivity index (χ0n) is 18.3. The Labute approximate surface area is 198 Å². The van der Waals surface area contributed by atoms with Crippen molar-refractivity contribution in [3.8, 4) is 11.5 Å². The first-order valence-electron chi connectivity index (χ1n) is 10.5. The van der Waals surface area contributed by atoms with Gasteiger partial charge in [0.05, 0.1) is 25.3 Å². The number of ketones is 1. The van der Waals surface area contributed by atoms with E-state index in [4.69, 9.17) is 13.9 Å². The fourth-order valence-corrected chi connectivity index (χ4v) is 4.71. The number of aliphatic hydroxyl groups excluding tert-OH is 1. The third-order valence-electron chi connectivity index (χ3n) is 5.53. The first-order chi connectivity index (χ1) is 16.5. The molecule has 0 fully saturated rings. The van der Waals surface area contributed by atoms with E-state index in [1.54, 1.807) is 48.0 Å². The molecule has 3 heterocycles. The number of benzene rings is 2. The van der Waals surface area contributed by atoms with Crippen LogP contribution in [0, 0.1) is 0 Å². The Morgan fingerprint density at radius 1 is 1.21 bits per heavy atom. The highest BCUT2D eigenvalue weighted by Crippen LogP contribution is 2.44. The van der Waals surface area contributed by atoms with Crippen LogP contribution in [-0.4, -0.2) is 35.5 Å². The standard InChI is InChI=1S/C25H20N2O6S/c1-3-32-17-9-8-15(13-18(17)31-2)21-20(23(29)24(30)27(21)25-26-10-11-34-25)22(28)19-12-14-6-4-5-7-16(14)33-19/h4-13,21,29H,3H2,1-2H3. The van der Waals surface area contributed by atoms with Crippen molar-refractivity contribution >= 4 is 39.1 Å². The van der Waals surface area contributed by atoms with Crippen molar-refractivity contribution in [2.24, 2.45) is 0 Å². The quantitative estimate of drug-likeness (QED) is 0.371. The first kappa shape index (κ1) is 21.7. The zero-order chi connectivity index (χ0) is 23.8. The van der Waals surface area contributed by atoms with Crippen LogP contribution in [0.1, 0.15) is 29.1 Å². The van der Waals surface area contributed by atoms with E-state index in [0.717, 1.165) is 5.39 Å². The van der Waals surface area contributed by atoms with Gasteiger partial charge < -0.3 is 19.0 Å². The Balaban J connectivity index is 1.65. The van der Waals surface area contributed by atoms with Gasteiger partial charge in [-0.25, -0.2) is 4.98 Å². The molecule has 1 amide bonds. The van der Waals surface area contributed by atoms with Gasteiger partial charge in [-0.1, -0.05) is 24.3 Å². The molecule has 2 aromatic heterocycles. The van der Waals surface area contributed by atoms with Gasteiger partial charge in [-0.05, 0) is 36.8 Å². The molecule has 1 unspecified atom stereocenters. The molecule has 0 saturated heterocycles. The number of thiazole rings is 1. The molecule has 9 heteroatoms. The number of carbonyl (C=O) groups is 2. The highest BCUT2D eigenvalue weighted by molar-refractivity contribution is 7.13. The number of rotatable bonds is 7. The lowest BCUT2D eigenvalue weighted by Gasteiger charge is -2.25. The highest BCUT2D eigenvalue weighted by Gasteiger charge is 2.46. The van der Waals surface area contributed by atoms with E-state index in [1.165, 1.54) is 23.3 Å². The second kappa shape index (κ2) is 8.68. The summed E-state index contributed by atoms with van der Waals surface area (Å²) in [4.78, 5) is 32.4. The normalized spacial score (nSPS) is 15.9. The molecular formula is C25H20N2O6S. The van der Waals surface area contributed by atoms with Gasteiger partial charge in [-0.3, -0.25) is 14.5 Å². The Morgan fingerprint density at radius 2 is 2.03 bits per heavy atom. The number of para-hydroxylation sites is 1. The predicted molar refractivity (Wildman–Crippen MR) is 127 cm³/mol. The second-order valence-electron chi connectivity index (χ2n) is 7.48. The summed E-state index contributed by atoms with van der Waals surface area (Å²) >= 11 is 1.22. The van der Waals surface area contributed by atoms with Crippen LogP contribution >= 0.6 is 11.3 Å². The monoisotopic (exact) mass is 476 g/mol. The number of hydrogen-bond acceptors (Lipinski definition) is 8. The van der Waals surface area contributed by atoms with Crippen LogP contribution in [0.5, 0.6) is 11.5 Å². The lowest BCUT2D eigenvalue weighted by molar-refractivity contribution is -0.117. The molecule has 0 bridgehead atoms. The summed E-state index contributed by atoms with van der Waals surface area (Å²) in [5.41, 5.74) is 0.990. The van der Waals surface area contributed by atoms with Crippen LogP contribution < -0.4 is 14.4 Å². The Morgan fingerprint density at radius 3 is 2.74 bits per heavy atom. The molecule has 1 aliphatic rings. The van der Waals surface area contributed by atoms with Crippen LogP contribution in [0.25, 0.3) is 11.0 Å². The number of fused-ring (bicyclic) bond motifs is 1. The van der Waals surface area contributed by atoms with Crippen LogP contribution in [0.3, 0.4) is 0 Å². The summed E-state index contributed by atoms with van der Waals surface area (Å²) in [5.74, 6) is -0.950. The number of methoxy groups -OCH3 is 1. The number of furan rings is 1. The number of nitrogens with zero attached hydrogens (tertiary/aromatic N) is 2. The molecule has 0 saturated carbocycles. The van der Waals surface area contributed by atoms with E-state index in [1.807, 2.05) is 19.1 Å². The van der Waals surface area contributed by atoms with Crippen molar-refractivity contribution in [2.45, 2.75) is 13.0 Å². The van der Waals surface area contributed by atoms with Gasteiger partial charge in [0.1, 0.15) is 5.58 Å². The van der Waals surface area contributed by atoms with Crippen LogP contribution in [0.2, 0.25) is 0 Å².